The summed E-state index contributed by atoms with van der Waals surface area (Å²) in [6.45, 7) is 8.32. The highest BCUT2D eigenvalue weighted by molar-refractivity contribution is 9.10. The van der Waals surface area contributed by atoms with E-state index in [0.717, 1.165) is 6.42 Å². The molecule has 4 fully saturated rings. The molecule has 1 aromatic carbocycles. The van der Waals surface area contributed by atoms with Gasteiger partial charge in [-0.25, -0.2) is 4.39 Å². The second kappa shape index (κ2) is 9.07. The van der Waals surface area contributed by atoms with E-state index in [1.54, 1.807) is 0 Å². The van der Waals surface area contributed by atoms with Crippen LogP contribution in [0, 0.1) is 34.9 Å². The van der Waals surface area contributed by atoms with Crippen molar-refractivity contribution in [1.82, 2.24) is 10.4 Å². The van der Waals surface area contributed by atoms with Gasteiger partial charge in [-0.05, 0) is 71.0 Å². The van der Waals surface area contributed by atoms with Crippen molar-refractivity contribution >= 4 is 21.8 Å². The van der Waals surface area contributed by atoms with E-state index in [2.05, 4.69) is 42.0 Å². The topological polar surface area (TPSA) is 91.3 Å². The highest BCUT2D eigenvalue weighted by Gasteiger charge is 2.57. The van der Waals surface area contributed by atoms with E-state index in [1.807, 2.05) is 0 Å². The molecule has 3 N–H and O–H groups in total. The van der Waals surface area contributed by atoms with Crippen LogP contribution in [-0.4, -0.2) is 52.8 Å². The molecule has 1 aromatic rings. The van der Waals surface area contributed by atoms with Gasteiger partial charge >= 0.3 is 0 Å². The fourth-order valence-corrected chi connectivity index (χ4v) is 6.94. The normalized spacial score (nSPS) is 36.2. The molecule has 1 heterocycles. The first-order valence-electron chi connectivity index (χ1n) is 11.6. The molecule has 5 rings (SSSR count). The summed E-state index contributed by atoms with van der Waals surface area (Å²) in [5.41, 5.74) is 0.748. The highest BCUT2D eigenvalue weighted by atomic mass is 79.9. The summed E-state index contributed by atoms with van der Waals surface area (Å²) in [5, 5.41) is 25.4. The molecule has 1 amide bonds. The summed E-state index contributed by atoms with van der Waals surface area (Å²) in [4.78, 5) is 19.1. The number of fused-ring (bicyclic) bond motifs is 2. The number of amides is 1. The minimum atomic E-state index is -1.36. The van der Waals surface area contributed by atoms with Crippen LogP contribution in [0.5, 0.6) is 5.75 Å². The molecule has 0 radical (unpaired) electrons. The standard InChI is InChI=1S/C24H34BrFN2O5/c1-11-16-7-14(24(16,3)4)8-18(11)27-22(30)20-19(12(2)29)23(31)33-28(20)10-13-6-15(26)9-17(25)21(13)32-5/h6,9,11-12,14,16,18-20,23,29,31H,7-8,10H2,1-5H3,(H,27,30)/t11-,12-,14+,16-,18-,19-,20-,23?/m0/s1. The number of hydroxylamine groups is 2. The van der Waals surface area contributed by atoms with Gasteiger partial charge in [0.2, 0.25) is 5.91 Å². The number of nitrogens with one attached hydrogen (secondary N) is 1. The quantitative estimate of drug-likeness (QED) is 0.525. The first-order chi connectivity index (χ1) is 15.4. The maximum atomic E-state index is 14.1. The Hall–Kier alpha value is -1.26. The number of aliphatic hydroxyl groups excluding tert-OH is 2. The van der Waals surface area contributed by atoms with E-state index in [0.29, 0.717) is 39.0 Å². The molecule has 3 saturated carbocycles. The maximum absolute atomic E-state index is 14.1. The van der Waals surface area contributed by atoms with E-state index >= 15 is 0 Å². The first-order valence-corrected chi connectivity index (χ1v) is 12.4. The van der Waals surface area contributed by atoms with Crippen molar-refractivity contribution < 1.29 is 29.0 Å². The molecule has 0 aromatic heterocycles. The predicted octanol–water partition coefficient (Wildman–Crippen LogP) is 3.21. The minimum absolute atomic E-state index is 0.00357. The average Bonchev–Trinajstić information content (AvgIpc) is 3.04. The van der Waals surface area contributed by atoms with Gasteiger partial charge in [0.15, 0.2) is 6.29 Å². The Labute approximate surface area is 202 Å². The van der Waals surface area contributed by atoms with Gasteiger partial charge in [-0.2, -0.15) is 5.06 Å². The third kappa shape index (κ3) is 4.31. The van der Waals surface area contributed by atoms with Crippen LogP contribution in [0.15, 0.2) is 16.6 Å². The van der Waals surface area contributed by atoms with Crippen molar-refractivity contribution in [1.29, 1.82) is 0 Å². The van der Waals surface area contributed by atoms with Crippen molar-refractivity contribution in [2.45, 2.75) is 71.6 Å². The number of aliphatic hydroxyl groups is 2. The Balaban J connectivity index is 1.56. The zero-order valence-electron chi connectivity index (χ0n) is 19.7. The fourth-order valence-electron chi connectivity index (χ4n) is 6.30. The summed E-state index contributed by atoms with van der Waals surface area (Å²) >= 11 is 3.30. The van der Waals surface area contributed by atoms with Crippen LogP contribution in [0.4, 0.5) is 4.39 Å². The third-order valence-corrected chi connectivity index (χ3v) is 8.96. The lowest BCUT2D eigenvalue weighted by atomic mass is 9.45. The number of hydrogen-bond donors (Lipinski definition) is 3. The number of ether oxygens (including phenoxy) is 1. The Morgan fingerprint density at radius 2 is 2.12 bits per heavy atom. The van der Waals surface area contributed by atoms with Crippen LogP contribution in [0.25, 0.3) is 0 Å². The van der Waals surface area contributed by atoms with Crippen LogP contribution in [0.2, 0.25) is 0 Å². The second-order valence-electron chi connectivity index (χ2n) is 10.5. The zero-order chi connectivity index (χ0) is 24.2. The van der Waals surface area contributed by atoms with Crippen molar-refractivity contribution in [2.24, 2.45) is 29.1 Å². The number of rotatable bonds is 6. The van der Waals surface area contributed by atoms with Crippen molar-refractivity contribution in [3.8, 4) is 5.75 Å². The molecule has 184 valence electrons. The summed E-state index contributed by atoms with van der Waals surface area (Å²) in [7, 11) is 1.47. The van der Waals surface area contributed by atoms with E-state index < -0.39 is 30.2 Å². The fraction of sp³-hybridized carbons (Fsp3) is 0.708. The van der Waals surface area contributed by atoms with Crippen LogP contribution >= 0.6 is 15.9 Å². The number of benzene rings is 1. The number of nitrogens with zero attached hydrogens (tertiary/aromatic N) is 1. The van der Waals surface area contributed by atoms with Gasteiger partial charge in [0.05, 0.1) is 30.1 Å². The van der Waals surface area contributed by atoms with E-state index in [-0.39, 0.29) is 18.5 Å². The molecular formula is C24H34BrFN2O5. The van der Waals surface area contributed by atoms with Gasteiger partial charge in [-0.3, -0.25) is 9.63 Å². The van der Waals surface area contributed by atoms with Crippen LogP contribution in [-0.2, 0) is 16.2 Å². The molecule has 33 heavy (non-hydrogen) atoms. The number of halogens is 2. The summed E-state index contributed by atoms with van der Waals surface area (Å²) < 4.78 is 19.9. The molecule has 1 saturated heterocycles. The molecule has 3 aliphatic carbocycles. The molecule has 1 unspecified atom stereocenters. The van der Waals surface area contributed by atoms with Crippen molar-refractivity contribution in [3.05, 3.63) is 28.0 Å². The van der Waals surface area contributed by atoms with Crippen LogP contribution in [0.3, 0.4) is 0 Å². The van der Waals surface area contributed by atoms with Crippen molar-refractivity contribution in [2.75, 3.05) is 7.11 Å². The molecule has 2 bridgehead atoms. The molecule has 9 heteroatoms. The molecule has 0 spiro atoms. The lowest BCUT2D eigenvalue weighted by molar-refractivity contribution is -0.231. The Kier molecular flexibility index (Phi) is 6.83. The maximum Gasteiger partial charge on any atom is 0.240 e. The van der Waals surface area contributed by atoms with E-state index in [1.165, 1.54) is 37.7 Å². The Bertz CT molecular complexity index is 913. The number of hydrogen-bond acceptors (Lipinski definition) is 6. The van der Waals surface area contributed by atoms with E-state index in [9.17, 15) is 19.4 Å². The Morgan fingerprint density at radius 3 is 2.70 bits per heavy atom. The summed E-state index contributed by atoms with van der Waals surface area (Å²) in [6, 6.07) is 1.69. The second-order valence-corrected chi connectivity index (χ2v) is 11.3. The first kappa shape index (κ1) is 24.9. The van der Waals surface area contributed by atoms with Gasteiger partial charge in [0, 0.05) is 11.6 Å². The lowest BCUT2D eigenvalue weighted by Gasteiger charge is -2.62. The average molecular weight is 529 g/mol. The molecule has 1 aliphatic heterocycles. The summed E-state index contributed by atoms with van der Waals surface area (Å²) in [6.07, 6.45) is -0.239. The van der Waals surface area contributed by atoms with Gasteiger partial charge in [0.1, 0.15) is 17.6 Å². The minimum Gasteiger partial charge on any atom is -0.495 e. The van der Waals surface area contributed by atoms with Gasteiger partial charge in [-0.15, -0.1) is 0 Å². The molecule has 7 nitrogen and oxygen atoms in total. The SMILES string of the molecule is COc1c(Br)cc(F)cc1CN1OC(O)[C@@H]([C@H](C)O)[C@H]1C(=O)N[C@H]1C[C@H]2C[C@@H]([C@@H]1C)C2(C)C. The zero-order valence-corrected chi connectivity index (χ0v) is 21.3. The molecule has 8 atom stereocenters. The van der Waals surface area contributed by atoms with Crippen molar-refractivity contribution in [3.63, 3.8) is 0 Å². The lowest BCUT2D eigenvalue weighted by Crippen LogP contribution is -2.62. The van der Waals surface area contributed by atoms with E-state index in [4.69, 9.17) is 9.57 Å². The third-order valence-electron chi connectivity index (χ3n) is 8.37. The Morgan fingerprint density at radius 1 is 1.42 bits per heavy atom. The largest absolute Gasteiger partial charge is 0.495 e. The monoisotopic (exact) mass is 528 g/mol. The smallest absolute Gasteiger partial charge is 0.240 e. The predicted molar refractivity (Wildman–Crippen MR) is 123 cm³/mol. The highest BCUT2D eigenvalue weighted by Crippen LogP contribution is 2.61. The van der Waals surface area contributed by atoms with Gasteiger partial charge < -0.3 is 20.3 Å². The number of methoxy groups -OCH3 is 1. The number of carbonyl (C=O) groups excluding carboxylic acids is 1. The van der Waals surface area contributed by atoms with Crippen LogP contribution in [0.1, 0.15) is 46.1 Å². The van der Waals surface area contributed by atoms with Gasteiger partial charge in [0.25, 0.3) is 0 Å². The summed E-state index contributed by atoms with van der Waals surface area (Å²) in [5.74, 6) is 0.261. The molecular weight excluding hydrogens is 495 g/mol. The van der Waals surface area contributed by atoms with Crippen LogP contribution < -0.4 is 10.1 Å². The van der Waals surface area contributed by atoms with Gasteiger partial charge in [-0.1, -0.05) is 20.8 Å². The number of carbonyl (C=O) groups is 1. The molecule has 4 aliphatic rings.